The van der Waals surface area contributed by atoms with Crippen LogP contribution in [0.5, 0.6) is 0 Å². The Morgan fingerprint density at radius 1 is 1.08 bits per heavy atom. The van der Waals surface area contributed by atoms with E-state index in [1.54, 1.807) is 6.07 Å². The van der Waals surface area contributed by atoms with Crippen molar-refractivity contribution in [3.63, 3.8) is 0 Å². The van der Waals surface area contributed by atoms with Gasteiger partial charge in [0.25, 0.3) is 0 Å². The lowest BCUT2D eigenvalue weighted by molar-refractivity contribution is -0.145. The first-order chi connectivity index (χ1) is 11.1. The minimum atomic E-state index is -0.851. The second-order valence-electron chi connectivity index (χ2n) is 6.47. The third-order valence-corrected chi connectivity index (χ3v) is 3.79. The summed E-state index contributed by atoms with van der Waals surface area (Å²) in [7, 11) is 0. The zero-order valence-corrected chi connectivity index (χ0v) is 14.9. The van der Waals surface area contributed by atoms with Gasteiger partial charge in [-0.3, -0.25) is 4.79 Å². The minimum absolute atomic E-state index is 0.159. The molecule has 6 heteroatoms. The number of nitrogens with two attached hydrogens (primary N) is 1. The molecule has 0 aliphatic heterocycles. The number of Topliss-reactive ketones (excluding diaryl/α,β-unsaturated/α-hetero) is 1. The van der Waals surface area contributed by atoms with Gasteiger partial charge in [-0.2, -0.15) is 0 Å². The van der Waals surface area contributed by atoms with Crippen LogP contribution in [-0.2, 0) is 9.53 Å². The molecule has 1 atom stereocenters. The molecule has 0 spiro atoms. The van der Waals surface area contributed by atoms with E-state index in [0.29, 0.717) is 12.0 Å². The topological polar surface area (TPSA) is 98.5 Å². The van der Waals surface area contributed by atoms with Crippen LogP contribution in [0.3, 0.4) is 0 Å². The molecule has 132 valence electrons. The first-order valence-corrected chi connectivity index (χ1v) is 7.95. The van der Waals surface area contributed by atoms with Gasteiger partial charge in [0.1, 0.15) is 6.04 Å². The number of ketones is 1. The molecule has 1 rings (SSSR count). The molecular formula is C18H26N2O4. The molecule has 0 saturated heterocycles. The molecule has 0 radical (unpaired) electrons. The fourth-order valence-electron chi connectivity index (χ4n) is 2.43. The molecule has 0 bridgehead atoms. The molecule has 0 aliphatic carbocycles. The summed E-state index contributed by atoms with van der Waals surface area (Å²) in [4.78, 5) is 35.4. The van der Waals surface area contributed by atoms with E-state index in [-0.39, 0.29) is 18.3 Å². The minimum Gasteiger partial charge on any atom is -0.456 e. The van der Waals surface area contributed by atoms with Crippen molar-refractivity contribution in [2.24, 2.45) is 11.7 Å². The van der Waals surface area contributed by atoms with Crippen molar-refractivity contribution < 1.29 is 19.1 Å². The second kappa shape index (κ2) is 8.47. The highest BCUT2D eigenvalue weighted by Gasteiger charge is 2.23. The number of hydrogen-bond donors (Lipinski definition) is 2. The van der Waals surface area contributed by atoms with Gasteiger partial charge in [0.05, 0.1) is 0 Å². The van der Waals surface area contributed by atoms with E-state index >= 15 is 0 Å². The number of nitrogens with one attached hydrogen (secondary N) is 1. The first-order valence-electron chi connectivity index (χ1n) is 7.95. The molecular weight excluding hydrogens is 308 g/mol. The Morgan fingerprint density at radius 2 is 1.67 bits per heavy atom. The molecule has 1 aromatic rings. The summed E-state index contributed by atoms with van der Waals surface area (Å²) in [6.07, 6.45) is 0.388. The van der Waals surface area contributed by atoms with Crippen molar-refractivity contribution >= 4 is 17.8 Å². The predicted molar refractivity (Wildman–Crippen MR) is 91.9 cm³/mol. The van der Waals surface area contributed by atoms with Crippen molar-refractivity contribution in [3.8, 4) is 0 Å². The molecule has 3 N–H and O–H groups in total. The van der Waals surface area contributed by atoms with Crippen molar-refractivity contribution in [3.05, 3.63) is 34.4 Å². The monoisotopic (exact) mass is 334 g/mol. The van der Waals surface area contributed by atoms with Crippen molar-refractivity contribution in [1.29, 1.82) is 0 Å². The Labute approximate surface area is 142 Å². The number of ether oxygens (including phenoxy) is 1. The van der Waals surface area contributed by atoms with Gasteiger partial charge in [-0.15, -0.1) is 0 Å². The summed E-state index contributed by atoms with van der Waals surface area (Å²) in [6, 6.07) is 2.08. The fraction of sp³-hybridized carbons (Fsp3) is 0.500. The lowest BCUT2D eigenvalue weighted by atomic mass is 9.98. The molecule has 0 aromatic heterocycles. The highest BCUT2D eigenvalue weighted by molar-refractivity contribution is 5.99. The van der Waals surface area contributed by atoms with Gasteiger partial charge in [0.2, 0.25) is 5.78 Å². The smallest absolute Gasteiger partial charge is 0.329 e. The Bertz CT molecular complexity index is 638. The molecule has 0 unspecified atom stereocenters. The maximum absolute atomic E-state index is 12.3. The van der Waals surface area contributed by atoms with Crippen LogP contribution in [-0.4, -0.2) is 30.4 Å². The zero-order valence-electron chi connectivity index (χ0n) is 14.9. The maximum Gasteiger partial charge on any atom is 0.329 e. The Hall–Kier alpha value is -2.37. The van der Waals surface area contributed by atoms with Crippen molar-refractivity contribution in [2.75, 3.05) is 6.61 Å². The van der Waals surface area contributed by atoms with Crippen LogP contribution in [0.1, 0.15) is 47.3 Å². The second-order valence-corrected chi connectivity index (χ2v) is 6.47. The molecule has 0 saturated carbocycles. The maximum atomic E-state index is 12.3. The standard InChI is InChI=1S/C18H26N2O4/c1-10(2)6-15(20-18(19)23)17(22)24-9-16(21)14-8-12(4)11(3)7-13(14)5/h7-8,10,15H,6,9H2,1-5H3,(H3,19,20,23)/t15-/m1/s1. The van der Waals surface area contributed by atoms with E-state index in [1.165, 1.54) is 0 Å². The number of aryl methyl sites for hydroxylation is 3. The molecule has 0 aliphatic rings. The number of carbonyl (C=O) groups is 3. The van der Waals surface area contributed by atoms with Gasteiger partial charge in [-0.25, -0.2) is 9.59 Å². The highest BCUT2D eigenvalue weighted by Crippen LogP contribution is 2.16. The third-order valence-electron chi connectivity index (χ3n) is 3.79. The van der Waals surface area contributed by atoms with Crippen LogP contribution in [0.4, 0.5) is 4.79 Å². The Morgan fingerprint density at radius 3 is 2.21 bits per heavy atom. The lowest BCUT2D eigenvalue weighted by Crippen LogP contribution is -2.45. The molecule has 6 nitrogen and oxygen atoms in total. The van der Waals surface area contributed by atoms with E-state index in [4.69, 9.17) is 10.5 Å². The average molecular weight is 334 g/mol. The predicted octanol–water partition coefficient (Wildman–Crippen LogP) is 2.42. The number of urea groups is 1. The van der Waals surface area contributed by atoms with E-state index in [0.717, 1.165) is 16.7 Å². The van der Waals surface area contributed by atoms with Crippen molar-refractivity contribution in [1.82, 2.24) is 5.32 Å². The quantitative estimate of drug-likeness (QED) is 0.591. The number of hydrogen-bond acceptors (Lipinski definition) is 4. The van der Waals surface area contributed by atoms with Gasteiger partial charge in [0.15, 0.2) is 6.61 Å². The zero-order chi connectivity index (χ0) is 18.4. The van der Waals surface area contributed by atoms with Gasteiger partial charge < -0.3 is 15.8 Å². The van der Waals surface area contributed by atoms with E-state index < -0.39 is 18.0 Å². The number of esters is 1. The summed E-state index contributed by atoms with van der Waals surface area (Å²) in [5, 5.41) is 2.36. The van der Waals surface area contributed by atoms with E-state index in [2.05, 4.69) is 5.32 Å². The molecule has 24 heavy (non-hydrogen) atoms. The number of primary amides is 1. The van der Waals surface area contributed by atoms with Gasteiger partial charge in [0, 0.05) is 5.56 Å². The summed E-state index contributed by atoms with van der Waals surface area (Å²) in [5.74, 6) is -0.768. The number of rotatable bonds is 7. The highest BCUT2D eigenvalue weighted by atomic mass is 16.5. The van der Waals surface area contributed by atoms with Gasteiger partial charge in [-0.05, 0) is 55.9 Å². The summed E-state index contributed by atoms with van der Waals surface area (Å²) < 4.78 is 5.09. The summed E-state index contributed by atoms with van der Waals surface area (Å²) in [6.45, 7) is 9.20. The fourth-order valence-corrected chi connectivity index (χ4v) is 2.43. The largest absolute Gasteiger partial charge is 0.456 e. The SMILES string of the molecule is Cc1cc(C)c(C(=O)COC(=O)[C@@H](CC(C)C)NC(N)=O)cc1C. The Balaban J connectivity index is 2.75. The third kappa shape index (κ3) is 5.68. The first kappa shape index (κ1) is 19.7. The lowest BCUT2D eigenvalue weighted by Gasteiger charge is -2.18. The molecule has 2 amide bonds. The van der Waals surface area contributed by atoms with Crippen molar-refractivity contribution in [2.45, 2.75) is 47.1 Å². The number of benzene rings is 1. The van der Waals surface area contributed by atoms with Crippen LogP contribution in [0.15, 0.2) is 12.1 Å². The van der Waals surface area contributed by atoms with Crippen LogP contribution in [0.25, 0.3) is 0 Å². The average Bonchev–Trinajstić information content (AvgIpc) is 2.46. The van der Waals surface area contributed by atoms with Crippen LogP contribution >= 0.6 is 0 Å². The van der Waals surface area contributed by atoms with Gasteiger partial charge in [-0.1, -0.05) is 19.9 Å². The number of amides is 2. The molecule has 1 aromatic carbocycles. The van der Waals surface area contributed by atoms with Crippen LogP contribution in [0.2, 0.25) is 0 Å². The number of carbonyl (C=O) groups excluding carboxylic acids is 3. The van der Waals surface area contributed by atoms with Crippen LogP contribution in [0, 0.1) is 26.7 Å². The van der Waals surface area contributed by atoms with Crippen LogP contribution < -0.4 is 11.1 Å². The summed E-state index contributed by atoms with van der Waals surface area (Å²) in [5.41, 5.74) is 8.56. The molecule has 0 fully saturated rings. The van der Waals surface area contributed by atoms with Gasteiger partial charge >= 0.3 is 12.0 Å². The molecule has 0 heterocycles. The van der Waals surface area contributed by atoms with E-state index in [9.17, 15) is 14.4 Å². The normalized spacial score (nSPS) is 11.9. The van der Waals surface area contributed by atoms with E-state index in [1.807, 2.05) is 40.7 Å². The Kier molecular flexibility index (Phi) is 6.95. The summed E-state index contributed by atoms with van der Waals surface area (Å²) >= 11 is 0.